The van der Waals surface area contributed by atoms with Gasteiger partial charge in [-0.2, -0.15) is 0 Å². The lowest BCUT2D eigenvalue weighted by Gasteiger charge is -2.28. The molecule has 0 aliphatic rings. The van der Waals surface area contributed by atoms with Crippen molar-refractivity contribution in [3.8, 4) is 0 Å². The zero-order chi connectivity index (χ0) is 19.2. The Kier molecular flexibility index (Phi) is 5.81. The van der Waals surface area contributed by atoms with Crippen LogP contribution < -0.4 is 9.80 Å². The SMILES string of the molecule is CC(C)N(Cc1ccccc1)c1cc(C(=O)N(C)c2ccccc2)ncn1. The summed E-state index contributed by atoms with van der Waals surface area (Å²) in [4.78, 5) is 25.2. The van der Waals surface area contributed by atoms with E-state index in [9.17, 15) is 4.79 Å². The highest BCUT2D eigenvalue weighted by atomic mass is 16.2. The topological polar surface area (TPSA) is 49.3 Å². The van der Waals surface area contributed by atoms with Gasteiger partial charge in [-0.3, -0.25) is 4.79 Å². The Morgan fingerprint density at radius 3 is 2.22 bits per heavy atom. The number of amides is 1. The van der Waals surface area contributed by atoms with Crippen LogP contribution in [0.2, 0.25) is 0 Å². The molecule has 0 spiro atoms. The van der Waals surface area contributed by atoms with Crippen LogP contribution in [-0.4, -0.2) is 29.0 Å². The highest BCUT2D eigenvalue weighted by Gasteiger charge is 2.19. The van der Waals surface area contributed by atoms with Crippen molar-refractivity contribution < 1.29 is 4.79 Å². The van der Waals surface area contributed by atoms with Gasteiger partial charge < -0.3 is 9.80 Å². The molecule has 0 N–H and O–H groups in total. The van der Waals surface area contributed by atoms with Gasteiger partial charge in [0.25, 0.3) is 5.91 Å². The first-order chi connectivity index (χ1) is 13.1. The predicted molar refractivity (Wildman–Crippen MR) is 109 cm³/mol. The monoisotopic (exact) mass is 360 g/mol. The number of carbonyl (C=O) groups excluding carboxylic acids is 1. The minimum atomic E-state index is -0.159. The second kappa shape index (κ2) is 8.45. The van der Waals surface area contributed by atoms with Gasteiger partial charge in [0.15, 0.2) is 0 Å². The third-order valence-electron chi connectivity index (χ3n) is 4.43. The van der Waals surface area contributed by atoms with E-state index < -0.39 is 0 Å². The van der Waals surface area contributed by atoms with E-state index in [-0.39, 0.29) is 11.9 Å². The maximum atomic E-state index is 12.9. The average molecular weight is 360 g/mol. The highest BCUT2D eigenvalue weighted by molar-refractivity contribution is 6.04. The fourth-order valence-electron chi connectivity index (χ4n) is 2.87. The number of hydrogen-bond acceptors (Lipinski definition) is 4. The molecule has 0 aliphatic carbocycles. The number of benzene rings is 2. The van der Waals surface area contributed by atoms with Crippen LogP contribution in [0.1, 0.15) is 29.9 Å². The second-order valence-electron chi connectivity index (χ2n) is 6.67. The molecular formula is C22H24N4O. The molecule has 5 nitrogen and oxygen atoms in total. The summed E-state index contributed by atoms with van der Waals surface area (Å²) in [5.41, 5.74) is 2.40. The number of rotatable bonds is 6. The van der Waals surface area contributed by atoms with E-state index in [1.165, 1.54) is 11.9 Å². The number of para-hydroxylation sites is 1. The molecule has 1 aromatic heterocycles. The van der Waals surface area contributed by atoms with Crippen molar-refractivity contribution in [3.05, 3.63) is 84.3 Å². The molecule has 0 saturated heterocycles. The second-order valence-corrected chi connectivity index (χ2v) is 6.67. The van der Waals surface area contributed by atoms with E-state index in [1.54, 1.807) is 18.0 Å². The van der Waals surface area contributed by atoms with Crippen LogP contribution in [0, 0.1) is 0 Å². The molecule has 0 atom stereocenters. The molecule has 0 unspecified atom stereocenters. The van der Waals surface area contributed by atoms with Crippen LogP contribution in [0.25, 0.3) is 0 Å². The van der Waals surface area contributed by atoms with Gasteiger partial charge in [-0.15, -0.1) is 0 Å². The van der Waals surface area contributed by atoms with Gasteiger partial charge >= 0.3 is 0 Å². The highest BCUT2D eigenvalue weighted by Crippen LogP contribution is 2.20. The van der Waals surface area contributed by atoms with Crippen molar-refractivity contribution in [3.63, 3.8) is 0 Å². The average Bonchev–Trinajstić information content (AvgIpc) is 2.72. The summed E-state index contributed by atoms with van der Waals surface area (Å²) in [7, 11) is 1.75. The molecule has 138 valence electrons. The Bertz CT molecular complexity index is 881. The van der Waals surface area contributed by atoms with E-state index in [0.29, 0.717) is 5.69 Å². The van der Waals surface area contributed by atoms with Crippen LogP contribution in [-0.2, 0) is 6.54 Å². The molecule has 5 heteroatoms. The quantitative estimate of drug-likeness (QED) is 0.662. The lowest BCUT2D eigenvalue weighted by Crippen LogP contribution is -2.32. The van der Waals surface area contributed by atoms with Gasteiger partial charge in [-0.25, -0.2) is 9.97 Å². The number of nitrogens with zero attached hydrogens (tertiary/aromatic N) is 4. The summed E-state index contributed by atoms with van der Waals surface area (Å²) >= 11 is 0. The first-order valence-electron chi connectivity index (χ1n) is 9.02. The lowest BCUT2D eigenvalue weighted by atomic mass is 10.2. The van der Waals surface area contributed by atoms with Gasteiger partial charge in [-0.1, -0.05) is 48.5 Å². The predicted octanol–water partition coefficient (Wildman–Crippen LogP) is 4.17. The van der Waals surface area contributed by atoms with Crippen molar-refractivity contribution >= 4 is 17.4 Å². The van der Waals surface area contributed by atoms with E-state index in [1.807, 2.05) is 48.5 Å². The van der Waals surface area contributed by atoms with Gasteiger partial charge in [0.2, 0.25) is 0 Å². The van der Waals surface area contributed by atoms with Crippen molar-refractivity contribution in [2.24, 2.45) is 0 Å². The zero-order valence-electron chi connectivity index (χ0n) is 15.9. The molecular weight excluding hydrogens is 336 g/mol. The van der Waals surface area contributed by atoms with Crippen LogP contribution >= 0.6 is 0 Å². The van der Waals surface area contributed by atoms with Crippen LogP contribution in [0.15, 0.2) is 73.1 Å². The van der Waals surface area contributed by atoms with Gasteiger partial charge in [0, 0.05) is 31.4 Å². The fourth-order valence-corrected chi connectivity index (χ4v) is 2.87. The molecule has 0 aliphatic heterocycles. The Hall–Kier alpha value is -3.21. The Morgan fingerprint density at radius 1 is 0.963 bits per heavy atom. The van der Waals surface area contributed by atoms with Crippen molar-refractivity contribution in [2.45, 2.75) is 26.4 Å². The molecule has 0 fully saturated rings. The molecule has 3 aromatic rings. The van der Waals surface area contributed by atoms with E-state index in [0.717, 1.165) is 18.1 Å². The maximum Gasteiger partial charge on any atom is 0.276 e. The Balaban J connectivity index is 1.85. The summed E-state index contributed by atoms with van der Waals surface area (Å²) in [6, 6.07) is 21.8. The minimum Gasteiger partial charge on any atom is -0.350 e. The summed E-state index contributed by atoms with van der Waals surface area (Å²) in [6.45, 7) is 4.95. The molecule has 0 saturated carbocycles. The summed E-state index contributed by atoms with van der Waals surface area (Å²) in [6.07, 6.45) is 1.46. The number of anilines is 2. The third kappa shape index (κ3) is 4.50. The van der Waals surface area contributed by atoms with E-state index in [4.69, 9.17) is 0 Å². The van der Waals surface area contributed by atoms with Gasteiger partial charge in [-0.05, 0) is 31.5 Å². The van der Waals surface area contributed by atoms with E-state index >= 15 is 0 Å². The molecule has 2 aromatic carbocycles. The fraction of sp³-hybridized carbons (Fsp3) is 0.227. The maximum absolute atomic E-state index is 12.9. The van der Waals surface area contributed by atoms with E-state index in [2.05, 4.69) is 40.8 Å². The lowest BCUT2D eigenvalue weighted by molar-refractivity contribution is 0.0988. The summed E-state index contributed by atoms with van der Waals surface area (Å²) in [5, 5.41) is 0. The smallest absolute Gasteiger partial charge is 0.276 e. The third-order valence-corrected chi connectivity index (χ3v) is 4.43. The van der Waals surface area contributed by atoms with Crippen molar-refractivity contribution in [2.75, 3.05) is 16.8 Å². The summed E-state index contributed by atoms with van der Waals surface area (Å²) in [5.74, 6) is 0.585. The molecule has 1 amide bonds. The van der Waals surface area contributed by atoms with Gasteiger partial charge in [0.1, 0.15) is 17.8 Å². The van der Waals surface area contributed by atoms with Crippen molar-refractivity contribution in [1.82, 2.24) is 9.97 Å². The minimum absolute atomic E-state index is 0.159. The van der Waals surface area contributed by atoms with Crippen LogP contribution in [0.5, 0.6) is 0 Å². The molecule has 0 bridgehead atoms. The summed E-state index contributed by atoms with van der Waals surface area (Å²) < 4.78 is 0. The Morgan fingerprint density at radius 2 is 1.59 bits per heavy atom. The molecule has 27 heavy (non-hydrogen) atoms. The first kappa shape index (κ1) is 18.6. The number of carbonyl (C=O) groups is 1. The Labute approximate surface area is 160 Å². The number of aromatic nitrogens is 2. The first-order valence-corrected chi connectivity index (χ1v) is 9.02. The normalized spacial score (nSPS) is 10.7. The number of hydrogen-bond donors (Lipinski definition) is 0. The van der Waals surface area contributed by atoms with Gasteiger partial charge in [0.05, 0.1) is 0 Å². The molecule has 1 heterocycles. The zero-order valence-corrected chi connectivity index (χ0v) is 15.9. The van der Waals surface area contributed by atoms with Crippen LogP contribution in [0.3, 0.4) is 0 Å². The standard InChI is InChI=1S/C22H24N4O/c1-17(2)26(15-18-10-6-4-7-11-18)21-14-20(23-16-24-21)22(27)25(3)19-12-8-5-9-13-19/h4-14,16-17H,15H2,1-3H3. The van der Waals surface area contributed by atoms with Crippen molar-refractivity contribution in [1.29, 1.82) is 0 Å². The molecule has 3 rings (SSSR count). The largest absolute Gasteiger partial charge is 0.350 e. The molecule has 0 radical (unpaired) electrons. The van der Waals surface area contributed by atoms with Crippen LogP contribution in [0.4, 0.5) is 11.5 Å².